The number of hydrogen-bond donors (Lipinski definition) is 1. The SMILES string of the molecule is COc1ccccc1NC(=O)c1cncc(N(C)Cc2ccccc2)c1. The van der Waals surface area contributed by atoms with Gasteiger partial charge in [0.05, 0.1) is 30.2 Å². The number of ether oxygens (including phenoxy) is 1. The van der Waals surface area contributed by atoms with Crippen LogP contribution in [0.25, 0.3) is 0 Å². The molecule has 0 bridgehead atoms. The molecule has 0 atom stereocenters. The minimum absolute atomic E-state index is 0.225. The monoisotopic (exact) mass is 347 g/mol. The van der Waals surface area contributed by atoms with Crippen LogP contribution < -0.4 is 15.0 Å². The number of benzene rings is 2. The Kier molecular flexibility index (Phi) is 5.49. The van der Waals surface area contributed by atoms with E-state index >= 15 is 0 Å². The third-order valence-corrected chi connectivity index (χ3v) is 4.04. The quantitative estimate of drug-likeness (QED) is 0.733. The number of carbonyl (C=O) groups is 1. The fraction of sp³-hybridized carbons (Fsp3) is 0.143. The Morgan fingerprint density at radius 3 is 2.58 bits per heavy atom. The minimum atomic E-state index is -0.225. The smallest absolute Gasteiger partial charge is 0.257 e. The second-order valence-corrected chi connectivity index (χ2v) is 5.93. The Balaban J connectivity index is 1.75. The molecule has 0 aliphatic rings. The molecule has 26 heavy (non-hydrogen) atoms. The second kappa shape index (κ2) is 8.16. The van der Waals surface area contributed by atoms with Crippen molar-refractivity contribution in [3.8, 4) is 5.75 Å². The zero-order valence-electron chi connectivity index (χ0n) is 14.8. The molecule has 1 amide bonds. The third-order valence-electron chi connectivity index (χ3n) is 4.04. The lowest BCUT2D eigenvalue weighted by Crippen LogP contribution is -2.18. The van der Waals surface area contributed by atoms with Gasteiger partial charge < -0.3 is 15.0 Å². The van der Waals surface area contributed by atoms with Crippen LogP contribution in [0.4, 0.5) is 11.4 Å². The van der Waals surface area contributed by atoms with Crippen molar-refractivity contribution >= 4 is 17.3 Å². The molecule has 5 nitrogen and oxygen atoms in total. The van der Waals surface area contributed by atoms with Crippen LogP contribution in [0.3, 0.4) is 0 Å². The van der Waals surface area contributed by atoms with Crippen molar-refractivity contribution in [2.45, 2.75) is 6.54 Å². The predicted molar refractivity (Wildman–Crippen MR) is 104 cm³/mol. The van der Waals surface area contributed by atoms with Crippen LogP contribution >= 0.6 is 0 Å². The first-order valence-corrected chi connectivity index (χ1v) is 8.32. The zero-order valence-corrected chi connectivity index (χ0v) is 14.8. The van der Waals surface area contributed by atoms with Crippen LogP contribution in [-0.4, -0.2) is 25.0 Å². The summed E-state index contributed by atoms with van der Waals surface area (Å²) in [5, 5.41) is 2.87. The van der Waals surface area contributed by atoms with Crippen LogP contribution in [0.2, 0.25) is 0 Å². The van der Waals surface area contributed by atoms with Gasteiger partial charge >= 0.3 is 0 Å². The molecule has 1 heterocycles. The molecular formula is C21H21N3O2. The molecule has 0 spiro atoms. The van der Waals surface area contributed by atoms with Gasteiger partial charge in [0.1, 0.15) is 5.75 Å². The van der Waals surface area contributed by atoms with Crippen LogP contribution in [-0.2, 0) is 6.54 Å². The van der Waals surface area contributed by atoms with Crippen LogP contribution in [0.15, 0.2) is 73.1 Å². The summed E-state index contributed by atoms with van der Waals surface area (Å²) in [5.74, 6) is 0.392. The molecular weight excluding hydrogens is 326 g/mol. The van der Waals surface area contributed by atoms with Crippen molar-refractivity contribution in [3.05, 3.63) is 84.2 Å². The van der Waals surface area contributed by atoms with Crippen molar-refractivity contribution in [2.24, 2.45) is 0 Å². The minimum Gasteiger partial charge on any atom is -0.495 e. The molecule has 132 valence electrons. The Morgan fingerprint density at radius 2 is 1.81 bits per heavy atom. The molecule has 1 N–H and O–H groups in total. The van der Waals surface area contributed by atoms with E-state index in [2.05, 4.69) is 27.3 Å². The highest BCUT2D eigenvalue weighted by Crippen LogP contribution is 2.24. The van der Waals surface area contributed by atoms with Gasteiger partial charge in [0, 0.05) is 19.8 Å². The van der Waals surface area contributed by atoms with Gasteiger partial charge in [-0.1, -0.05) is 42.5 Å². The van der Waals surface area contributed by atoms with Crippen molar-refractivity contribution in [2.75, 3.05) is 24.4 Å². The standard InChI is InChI=1S/C21H21N3O2/c1-24(15-16-8-4-3-5-9-16)18-12-17(13-22-14-18)21(25)23-19-10-6-7-11-20(19)26-2/h3-14H,15H2,1-2H3,(H,23,25). The first-order valence-electron chi connectivity index (χ1n) is 8.32. The number of pyridine rings is 1. The molecule has 5 heteroatoms. The van der Waals surface area contributed by atoms with E-state index < -0.39 is 0 Å². The van der Waals surface area contributed by atoms with E-state index in [0.717, 1.165) is 12.2 Å². The van der Waals surface area contributed by atoms with Gasteiger partial charge in [-0.3, -0.25) is 9.78 Å². The number of nitrogens with zero attached hydrogens (tertiary/aromatic N) is 2. The van der Waals surface area contributed by atoms with E-state index in [1.54, 1.807) is 31.6 Å². The van der Waals surface area contributed by atoms with E-state index in [9.17, 15) is 4.79 Å². The maximum atomic E-state index is 12.6. The van der Waals surface area contributed by atoms with Gasteiger partial charge in [-0.25, -0.2) is 0 Å². The number of hydrogen-bond acceptors (Lipinski definition) is 4. The fourth-order valence-electron chi connectivity index (χ4n) is 2.65. The molecule has 3 aromatic rings. The Morgan fingerprint density at radius 1 is 1.08 bits per heavy atom. The molecule has 0 fully saturated rings. The highest BCUT2D eigenvalue weighted by atomic mass is 16.5. The number of amides is 1. The Hall–Kier alpha value is -3.34. The lowest BCUT2D eigenvalue weighted by Gasteiger charge is -2.19. The molecule has 0 radical (unpaired) electrons. The summed E-state index contributed by atoms with van der Waals surface area (Å²) in [4.78, 5) is 18.9. The Bertz CT molecular complexity index is 881. The van der Waals surface area contributed by atoms with Gasteiger partial charge in [0.15, 0.2) is 0 Å². The van der Waals surface area contributed by atoms with Gasteiger partial charge in [-0.2, -0.15) is 0 Å². The largest absolute Gasteiger partial charge is 0.495 e. The van der Waals surface area contributed by atoms with Crippen LogP contribution in [0.5, 0.6) is 5.75 Å². The van der Waals surface area contributed by atoms with Gasteiger partial charge in [-0.05, 0) is 23.8 Å². The normalized spacial score (nSPS) is 10.2. The van der Waals surface area contributed by atoms with Crippen molar-refractivity contribution in [1.82, 2.24) is 4.98 Å². The highest BCUT2D eigenvalue weighted by molar-refractivity contribution is 6.05. The van der Waals surface area contributed by atoms with Gasteiger partial charge in [0.25, 0.3) is 5.91 Å². The third kappa shape index (κ3) is 4.19. The maximum Gasteiger partial charge on any atom is 0.257 e. The lowest BCUT2D eigenvalue weighted by atomic mass is 10.2. The summed E-state index contributed by atoms with van der Waals surface area (Å²) in [6.07, 6.45) is 3.31. The molecule has 2 aromatic carbocycles. The molecule has 0 unspecified atom stereocenters. The van der Waals surface area contributed by atoms with Crippen molar-refractivity contribution in [3.63, 3.8) is 0 Å². The first-order chi connectivity index (χ1) is 12.7. The maximum absolute atomic E-state index is 12.6. The molecule has 0 saturated carbocycles. The first kappa shape index (κ1) is 17.5. The molecule has 1 aromatic heterocycles. The van der Waals surface area contributed by atoms with Crippen LogP contribution in [0, 0.1) is 0 Å². The average Bonchev–Trinajstić information content (AvgIpc) is 2.69. The summed E-state index contributed by atoms with van der Waals surface area (Å²) in [6, 6.07) is 19.3. The molecule has 3 rings (SSSR count). The lowest BCUT2D eigenvalue weighted by molar-refractivity contribution is 0.102. The topological polar surface area (TPSA) is 54.5 Å². The summed E-state index contributed by atoms with van der Waals surface area (Å²) in [6.45, 7) is 0.736. The van der Waals surface area contributed by atoms with E-state index in [0.29, 0.717) is 17.0 Å². The summed E-state index contributed by atoms with van der Waals surface area (Å²) in [5.41, 5.74) is 3.19. The number of methoxy groups -OCH3 is 1. The molecule has 0 aliphatic carbocycles. The fourth-order valence-corrected chi connectivity index (χ4v) is 2.65. The second-order valence-electron chi connectivity index (χ2n) is 5.93. The summed E-state index contributed by atoms with van der Waals surface area (Å²) >= 11 is 0. The summed E-state index contributed by atoms with van der Waals surface area (Å²) in [7, 11) is 3.55. The van der Waals surface area contributed by atoms with E-state index in [4.69, 9.17) is 4.74 Å². The number of rotatable bonds is 6. The Labute approximate surface area is 153 Å². The zero-order chi connectivity index (χ0) is 18.4. The number of nitrogens with one attached hydrogen (secondary N) is 1. The molecule has 0 saturated heterocycles. The number of anilines is 2. The van der Waals surface area contributed by atoms with Crippen LogP contribution in [0.1, 0.15) is 15.9 Å². The van der Waals surface area contributed by atoms with E-state index in [1.807, 2.05) is 43.4 Å². The highest BCUT2D eigenvalue weighted by Gasteiger charge is 2.12. The van der Waals surface area contributed by atoms with Crippen molar-refractivity contribution < 1.29 is 9.53 Å². The van der Waals surface area contributed by atoms with Crippen molar-refractivity contribution in [1.29, 1.82) is 0 Å². The number of para-hydroxylation sites is 2. The summed E-state index contributed by atoms with van der Waals surface area (Å²) < 4.78 is 5.27. The van der Waals surface area contributed by atoms with Gasteiger partial charge in [0.2, 0.25) is 0 Å². The molecule has 0 aliphatic heterocycles. The van der Waals surface area contributed by atoms with E-state index in [1.165, 1.54) is 5.56 Å². The number of carbonyl (C=O) groups excluding carboxylic acids is 1. The predicted octanol–water partition coefficient (Wildman–Crippen LogP) is 3.98. The average molecular weight is 347 g/mol. The number of aromatic nitrogens is 1. The van der Waals surface area contributed by atoms with E-state index in [-0.39, 0.29) is 5.91 Å². The van der Waals surface area contributed by atoms with Gasteiger partial charge in [-0.15, -0.1) is 0 Å².